The molecule has 274 valence electrons. The molecule has 3 aliphatic rings. The Balaban J connectivity index is 1.25. The third-order valence-electron chi connectivity index (χ3n) is 11.1. The van der Waals surface area contributed by atoms with Crippen LogP contribution in [0.1, 0.15) is 84.1 Å². The van der Waals surface area contributed by atoms with Gasteiger partial charge in [0.1, 0.15) is 11.3 Å². The minimum atomic E-state index is -1.11. The van der Waals surface area contributed by atoms with Gasteiger partial charge in [-0.3, -0.25) is 19.1 Å². The van der Waals surface area contributed by atoms with Crippen molar-refractivity contribution in [1.82, 2.24) is 15.1 Å². The fraction of sp³-hybridized carbons (Fsp3) is 0.410. The fourth-order valence-corrected chi connectivity index (χ4v) is 8.08. The van der Waals surface area contributed by atoms with E-state index >= 15 is 0 Å². The molecule has 1 fully saturated rings. The number of nitrogens with zero attached hydrogens (tertiary/aromatic N) is 4. The monoisotopic (exact) mass is 764 g/mol. The number of carbonyl (C=O) groups is 3. The van der Waals surface area contributed by atoms with Crippen molar-refractivity contribution in [2.75, 3.05) is 10.3 Å². The van der Waals surface area contributed by atoms with Crippen molar-refractivity contribution < 1.29 is 19.1 Å². The van der Waals surface area contributed by atoms with Gasteiger partial charge < -0.3 is 15.4 Å². The maximum absolute atomic E-state index is 14.2. The van der Waals surface area contributed by atoms with Gasteiger partial charge in [-0.1, -0.05) is 108 Å². The van der Waals surface area contributed by atoms with Crippen LogP contribution in [-0.4, -0.2) is 44.5 Å². The van der Waals surface area contributed by atoms with Crippen molar-refractivity contribution in [1.29, 1.82) is 0 Å². The lowest BCUT2D eigenvalue weighted by Crippen LogP contribution is -2.46. The number of hydrogen-bond acceptors (Lipinski definition) is 6. The van der Waals surface area contributed by atoms with Gasteiger partial charge >= 0.3 is 0 Å². The molecule has 13 heteroatoms. The Morgan fingerprint density at radius 3 is 2.31 bits per heavy atom. The van der Waals surface area contributed by atoms with Crippen molar-refractivity contribution in [3.8, 4) is 0 Å². The molecule has 1 aliphatic carbocycles. The van der Waals surface area contributed by atoms with Gasteiger partial charge in [-0.15, -0.1) is 5.10 Å². The van der Waals surface area contributed by atoms with Gasteiger partial charge in [-0.05, 0) is 71.7 Å². The molecule has 3 heterocycles. The summed E-state index contributed by atoms with van der Waals surface area (Å²) in [5, 5.41) is 16.0. The smallest absolute Gasteiger partial charge is 0.280 e. The van der Waals surface area contributed by atoms with E-state index in [4.69, 9.17) is 39.5 Å². The third-order valence-corrected chi connectivity index (χ3v) is 11.8. The molecule has 0 saturated carbocycles. The molecule has 2 aliphatic heterocycles. The Morgan fingerprint density at radius 2 is 1.69 bits per heavy atom. The number of ether oxygens (including phenoxy) is 1. The van der Waals surface area contributed by atoms with Crippen molar-refractivity contribution >= 4 is 69.7 Å². The standard InChI is InChI=1S/C39H43Cl3N6O4/c1-8-36(4,5)24-15-16-39(29(20-24)37(6,7)9-2)38(10-3,52-39)35(51)44-26-14-11-13-23(19-26)33(49)45-32-31(47-18-12-17-43-47)34(50)48(46-32)30-27(41)21-25(40)22-28(30)42/h11-22,29,31H,8-10H2,1-7H3,(H,44,51)(H,45,46,49). The SMILES string of the molecule is CCC(C)(C)C1=CC(C(C)(C)CC)C2(C=C1)OC2(CC)C(=O)Nc1cccc(C(=O)NC2=NN(c3c(Cl)cc(Cl)cc3Cl)C(=O)C2n2cccn2)c1. The van der Waals surface area contributed by atoms with Gasteiger partial charge in [-0.25, -0.2) is 0 Å². The van der Waals surface area contributed by atoms with Crippen LogP contribution in [0.5, 0.6) is 0 Å². The van der Waals surface area contributed by atoms with Crippen molar-refractivity contribution in [2.45, 2.75) is 85.0 Å². The van der Waals surface area contributed by atoms with E-state index in [9.17, 15) is 14.4 Å². The number of benzene rings is 2. The van der Waals surface area contributed by atoms with Crippen LogP contribution in [0.4, 0.5) is 11.4 Å². The van der Waals surface area contributed by atoms with Crippen LogP contribution in [-0.2, 0) is 14.3 Å². The predicted molar refractivity (Wildman–Crippen MR) is 206 cm³/mol. The number of anilines is 2. The van der Waals surface area contributed by atoms with Gasteiger partial charge in [0.2, 0.25) is 0 Å². The summed E-state index contributed by atoms with van der Waals surface area (Å²) in [6.45, 7) is 15.2. The van der Waals surface area contributed by atoms with E-state index in [0.717, 1.165) is 17.9 Å². The second-order valence-electron chi connectivity index (χ2n) is 14.8. The zero-order valence-electron chi connectivity index (χ0n) is 30.3. The number of amides is 3. The van der Waals surface area contributed by atoms with E-state index < -0.39 is 29.1 Å². The topological polar surface area (TPSA) is 121 Å². The van der Waals surface area contributed by atoms with Crippen molar-refractivity contribution in [3.05, 3.63) is 99.3 Å². The first-order valence-electron chi connectivity index (χ1n) is 17.4. The molecule has 2 aromatic carbocycles. The third kappa shape index (κ3) is 6.37. The highest BCUT2D eigenvalue weighted by molar-refractivity contribution is 6.43. The molecule has 10 nitrogen and oxygen atoms in total. The maximum atomic E-state index is 14.2. The molecule has 1 aromatic heterocycles. The summed E-state index contributed by atoms with van der Waals surface area (Å²) in [6, 6.07) is 9.99. The summed E-state index contributed by atoms with van der Waals surface area (Å²) < 4.78 is 7.97. The van der Waals surface area contributed by atoms with Crippen LogP contribution in [0.2, 0.25) is 15.1 Å². The summed E-state index contributed by atoms with van der Waals surface area (Å²) in [4.78, 5) is 41.7. The van der Waals surface area contributed by atoms with E-state index in [0.29, 0.717) is 12.1 Å². The highest BCUT2D eigenvalue weighted by atomic mass is 35.5. The number of hydrazone groups is 1. The second kappa shape index (κ2) is 13.8. The van der Waals surface area contributed by atoms with Crippen LogP contribution in [0.3, 0.4) is 0 Å². The van der Waals surface area contributed by atoms with Crippen molar-refractivity contribution in [2.24, 2.45) is 21.8 Å². The van der Waals surface area contributed by atoms with Gasteiger partial charge in [0.25, 0.3) is 17.7 Å². The number of halogens is 3. The Kier molecular flexibility index (Phi) is 10.0. The Labute approximate surface area is 319 Å². The normalized spacial score (nSPS) is 24.2. The first-order valence-corrected chi connectivity index (χ1v) is 18.6. The number of carbonyl (C=O) groups excluding carboxylic acids is 3. The van der Waals surface area contributed by atoms with Crippen LogP contribution < -0.4 is 15.6 Å². The quantitative estimate of drug-likeness (QED) is 0.200. The molecular weight excluding hydrogens is 723 g/mol. The van der Waals surface area contributed by atoms with E-state index in [-0.39, 0.29) is 54.8 Å². The molecule has 4 unspecified atom stereocenters. The lowest BCUT2D eigenvalue weighted by molar-refractivity contribution is -0.121. The largest absolute Gasteiger partial charge is 0.347 e. The average molecular weight is 766 g/mol. The zero-order chi connectivity index (χ0) is 37.8. The fourth-order valence-electron chi connectivity index (χ4n) is 7.10. The first-order chi connectivity index (χ1) is 24.5. The molecule has 52 heavy (non-hydrogen) atoms. The number of rotatable bonds is 10. The molecule has 6 rings (SSSR count). The molecule has 1 saturated heterocycles. The summed E-state index contributed by atoms with van der Waals surface area (Å²) in [6.07, 6.45) is 12.0. The number of amidine groups is 1. The predicted octanol–water partition coefficient (Wildman–Crippen LogP) is 9.02. The highest BCUT2D eigenvalue weighted by Crippen LogP contribution is 2.63. The molecule has 4 atom stereocenters. The number of aromatic nitrogens is 2. The number of allylic oxidation sites excluding steroid dienone is 2. The number of epoxide rings is 1. The van der Waals surface area contributed by atoms with Crippen LogP contribution in [0.15, 0.2) is 83.8 Å². The van der Waals surface area contributed by atoms with Gasteiger partial charge in [0, 0.05) is 34.6 Å². The van der Waals surface area contributed by atoms with Gasteiger partial charge in [-0.2, -0.15) is 10.1 Å². The van der Waals surface area contributed by atoms with Crippen molar-refractivity contribution in [3.63, 3.8) is 0 Å². The molecule has 3 amide bonds. The highest BCUT2D eigenvalue weighted by Gasteiger charge is 2.76. The molecule has 0 radical (unpaired) electrons. The minimum absolute atomic E-state index is 0.000760. The van der Waals surface area contributed by atoms with E-state index in [1.54, 1.807) is 36.5 Å². The second-order valence-corrected chi connectivity index (χ2v) is 16.1. The molecule has 2 N–H and O–H groups in total. The summed E-state index contributed by atoms with van der Waals surface area (Å²) in [5.74, 6) is -1.42. The molecular formula is C39H43Cl3N6O4. The van der Waals surface area contributed by atoms with Gasteiger partial charge in [0.15, 0.2) is 17.5 Å². The van der Waals surface area contributed by atoms with E-state index in [1.807, 2.05) is 6.92 Å². The average Bonchev–Trinajstić information content (AvgIpc) is 3.33. The zero-order valence-corrected chi connectivity index (χ0v) is 32.5. The summed E-state index contributed by atoms with van der Waals surface area (Å²) in [7, 11) is 0. The van der Waals surface area contributed by atoms with Crippen LogP contribution in [0.25, 0.3) is 0 Å². The number of nitrogens with one attached hydrogen (secondary N) is 2. The molecule has 3 aromatic rings. The minimum Gasteiger partial charge on any atom is -0.347 e. The molecule has 1 spiro atoms. The summed E-state index contributed by atoms with van der Waals surface area (Å²) >= 11 is 19.0. The lowest BCUT2D eigenvalue weighted by Gasteiger charge is -2.40. The lowest BCUT2D eigenvalue weighted by atomic mass is 9.61. The van der Waals surface area contributed by atoms with Gasteiger partial charge in [0.05, 0.1) is 10.0 Å². The maximum Gasteiger partial charge on any atom is 0.280 e. The Bertz CT molecular complexity index is 2000. The van der Waals surface area contributed by atoms with Crippen LogP contribution >= 0.6 is 34.8 Å². The first kappa shape index (κ1) is 37.8. The number of hydrogen-bond donors (Lipinski definition) is 2. The Hall–Kier alpha value is -3.96. The Morgan fingerprint density at radius 1 is 0.981 bits per heavy atom. The van der Waals surface area contributed by atoms with E-state index in [1.165, 1.54) is 28.6 Å². The summed E-state index contributed by atoms with van der Waals surface area (Å²) in [5.41, 5.74) is -0.0541. The molecule has 0 bridgehead atoms. The van der Waals surface area contributed by atoms with E-state index in [2.05, 4.69) is 80.6 Å². The van der Waals surface area contributed by atoms with Crippen LogP contribution in [0, 0.1) is 16.7 Å².